The number of hydrogen-bond donors (Lipinski definition) is 1. The van der Waals surface area contributed by atoms with Crippen molar-refractivity contribution in [2.75, 3.05) is 0 Å². The first-order valence-electron chi connectivity index (χ1n) is 7.90. The van der Waals surface area contributed by atoms with E-state index >= 15 is 0 Å². The highest BCUT2D eigenvalue weighted by Crippen LogP contribution is 2.35. The maximum absolute atomic E-state index is 13.3. The minimum atomic E-state index is -0.330. The maximum atomic E-state index is 13.3. The van der Waals surface area contributed by atoms with E-state index < -0.39 is 0 Å². The highest BCUT2D eigenvalue weighted by Gasteiger charge is 2.28. The SMILES string of the molecule is Cc1ccc(F)cc1CC(O)C1CCC(C(C)C)CC1. The predicted octanol–water partition coefficient (Wildman–Crippen LogP) is 4.50. The minimum absolute atomic E-state index is 0.207. The molecule has 0 spiro atoms. The molecule has 1 aliphatic carbocycles. The van der Waals surface area contributed by atoms with Crippen LogP contribution in [0.1, 0.15) is 50.7 Å². The molecule has 0 radical (unpaired) electrons. The molecule has 1 saturated carbocycles. The molecule has 1 atom stereocenters. The number of benzene rings is 1. The average molecular weight is 278 g/mol. The number of aliphatic hydroxyl groups is 1. The molecule has 1 N–H and O–H groups in total. The van der Waals surface area contributed by atoms with E-state index in [4.69, 9.17) is 0 Å². The van der Waals surface area contributed by atoms with E-state index in [1.165, 1.54) is 18.9 Å². The summed E-state index contributed by atoms with van der Waals surface area (Å²) in [6.07, 6.45) is 4.92. The van der Waals surface area contributed by atoms with E-state index in [-0.39, 0.29) is 11.9 Å². The lowest BCUT2D eigenvalue weighted by Crippen LogP contribution is -2.29. The second-order valence-corrected chi connectivity index (χ2v) is 6.76. The number of aliphatic hydroxyl groups excluding tert-OH is 1. The van der Waals surface area contributed by atoms with Crippen LogP contribution in [0.15, 0.2) is 18.2 Å². The smallest absolute Gasteiger partial charge is 0.123 e. The third-order valence-corrected chi connectivity index (χ3v) is 5.04. The Morgan fingerprint density at radius 3 is 2.35 bits per heavy atom. The van der Waals surface area contributed by atoms with Gasteiger partial charge in [-0.3, -0.25) is 0 Å². The van der Waals surface area contributed by atoms with Gasteiger partial charge in [0.05, 0.1) is 6.10 Å². The van der Waals surface area contributed by atoms with Crippen LogP contribution in [0, 0.1) is 30.5 Å². The molecule has 0 bridgehead atoms. The largest absolute Gasteiger partial charge is 0.392 e. The molecule has 1 aliphatic rings. The van der Waals surface area contributed by atoms with Gasteiger partial charge in [0.1, 0.15) is 5.82 Å². The van der Waals surface area contributed by atoms with Gasteiger partial charge in [0.15, 0.2) is 0 Å². The summed E-state index contributed by atoms with van der Waals surface area (Å²) >= 11 is 0. The molecule has 0 heterocycles. The summed E-state index contributed by atoms with van der Waals surface area (Å²) in [6.45, 7) is 6.56. The summed E-state index contributed by atoms with van der Waals surface area (Å²) in [6, 6.07) is 4.85. The van der Waals surface area contributed by atoms with Crippen LogP contribution in [0.2, 0.25) is 0 Å². The zero-order chi connectivity index (χ0) is 14.7. The Bertz CT molecular complexity index is 433. The van der Waals surface area contributed by atoms with Gasteiger partial charge in [-0.1, -0.05) is 19.9 Å². The minimum Gasteiger partial charge on any atom is -0.392 e. The fourth-order valence-corrected chi connectivity index (χ4v) is 3.45. The number of aryl methyl sites for hydroxylation is 1. The van der Waals surface area contributed by atoms with E-state index in [1.54, 1.807) is 12.1 Å². The first-order chi connectivity index (χ1) is 9.47. The fourth-order valence-electron chi connectivity index (χ4n) is 3.45. The maximum Gasteiger partial charge on any atom is 0.123 e. The van der Waals surface area contributed by atoms with Gasteiger partial charge in [0.2, 0.25) is 0 Å². The van der Waals surface area contributed by atoms with Crippen molar-refractivity contribution in [2.45, 2.75) is 59.0 Å². The second kappa shape index (κ2) is 6.71. The molecule has 0 aliphatic heterocycles. The summed E-state index contributed by atoms with van der Waals surface area (Å²) in [5.74, 6) is 1.74. The van der Waals surface area contributed by atoms with Crippen LogP contribution in [-0.2, 0) is 6.42 Å². The van der Waals surface area contributed by atoms with E-state index in [0.717, 1.165) is 35.8 Å². The number of hydrogen-bond acceptors (Lipinski definition) is 1. The number of halogens is 1. The molecular weight excluding hydrogens is 251 g/mol. The number of rotatable bonds is 4. The third-order valence-electron chi connectivity index (χ3n) is 5.04. The highest BCUT2D eigenvalue weighted by atomic mass is 19.1. The van der Waals surface area contributed by atoms with Gasteiger partial charge in [-0.2, -0.15) is 0 Å². The molecule has 1 fully saturated rings. The lowest BCUT2D eigenvalue weighted by Gasteiger charge is -2.33. The van der Waals surface area contributed by atoms with Gasteiger partial charge in [-0.05, 0) is 80.0 Å². The molecule has 0 amide bonds. The molecular formula is C18H27FO. The summed E-state index contributed by atoms with van der Waals surface area (Å²) in [4.78, 5) is 0. The molecule has 1 nitrogen and oxygen atoms in total. The molecule has 2 rings (SSSR count). The van der Waals surface area contributed by atoms with Crippen molar-refractivity contribution in [2.24, 2.45) is 17.8 Å². The van der Waals surface area contributed by atoms with Gasteiger partial charge in [-0.15, -0.1) is 0 Å². The Hall–Kier alpha value is -0.890. The third kappa shape index (κ3) is 3.82. The average Bonchev–Trinajstić information content (AvgIpc) is 2.43. The van der Waals surface area contributed by atoms with Gasteiger partial charge in [0, 0.05) is 0 Å². The second-order valence-electron chi connectivity index (χ2n) is 6.76. The van der Waals surface area contributed by atoms with Crippen LogP contribution in [0.4, 0.5) is 4.39 Å². The van der Waals surface area contributed by atoms with Crippen LogP contribution >= 0.6 is 0 Å². The zero-order valence-electron chi connectivity index (χ0n) is 12.9. The van der Waals surface area contributed by atoms with Crippen LogP contribution in [0.3, 0.4) is 0 Å². The van der Waals surface area contributed by atoms with Gasteiger partial charge >= 0.3 is 0 Å². The van der Waals surface area contributed by atoms with Crippen molar-refractivity contribution >= 4 is 0 Å². The van der Waals surface area contributed by atoms with Crippen molar-refractivity contribution in [1.82, 2.24) is 0 Å². The van der Waals surface area contributed by atoms with Crippen molar-refractivity contribution in [3.63, 3.8) is 0 Å². The van der Waals surface area contributed by atoms with Gasteiger partial charge < -0.3 is 5.11 Å². The summed E-state index contributed by atoms with van der Waals surface area (Å²) in [5, 5.41) is 10.4. The summed E-state index contributed by atoms with van der Waals surface area (Å²) < 4.78 is 13.3. The topological polar surface area (TPSA) is 20.2 Å². The monoisotopic (exact) mass is 278 g/mol. The molecule has 112 valence electrons. The Morgan fingerprint density at radius 2 is 1.75 bits per heavy atom. The van der Waals surface area contributed by atoms with Crippen LogP contribution in [0.5, 0.6) is 0 Å². The zero-order valence-corrected chi connectivity index (χ0v) is 12.9. The van der Waals surface area contributed by atoms with Crippen molar-refractivity contribution in [1.29, 1.82) is 0 Å². The first kappa shape index (κ1) is 15.5. The summed E-state index contributed by atoms with van der Waals surface area (Å²) in [5.41, 5.74) is 2.02. The molecule has 2 heteroatoms. The molecule has 1 aromatic rings. The quantitative estimate of drug-likeness (QED) is 0.859. The standard InChI is InChI=1S/C18H27FO/c1-12(2)14-5-7-15(8-6-14)18(20)11-16-10-17(19)9-4-13(16)3/h4,9-10,12,14-15,18,20H,5-8,11H2,1-3H3. The van der Waals surface area contributed by atoms with Crippen molar-refractivity contribution < 1.29 is 9.50 Å². The van der Waals surface area contributed by atoms with E-state index in [0.29, 0.717) is 12.3 Å². The van der Waals surface area contributed by atoms with Crippen LogP contribution in [0.25, 0.3) is 0 Å². The molecule has 20 heavy (non-hydrogen) atoms. The van der Waals surface area contributed by atoms with Crippen LogP contribution in [-0.4, -0.2) is 11.2 Å². The molecule has 0 saturated heterocycles. The van der Waals surface area contributed by atoms with Gasteiger partial charge in [0.25, 0.3) is 0 Å². The van der Waals surface area contributed by atoms with Gasteiger partial charge in [-0.25, -0.2) is 4.39 Å². The van der Waals surface area contributed by atoms with Crippen LogP contribution < -0.4 is 0 Å². The lowest BCUT2D eigenvalue weighted by atomic mass is 9.74. The van der Waals surface area contributed by atoms with Crippen molar-refractivity contribution in [3.05, 3.63) is 35.1 Å². The normalized spacial score (nSPS) is 24.9. The van der Waals surface area contributed by atoms with E-state index in [1.807, 2.05) is 6.92 Å². The Balaban J connectivity index is 1.92. The fraction of sp³-hybridized carbons (Fsp3) is 0.667. The predicted molar refractivity (Wildman–Crippen MR) is 81.1 cm³/mol. The molecule has 1 unspecified atom stereocenters. The Morgan fingerprint density at radius 1 is 1.15 bits per heavy atom. The first-order valence-corrected chi connectivity index (χ1v) is 7.90. The lowest BCUT2D eigenvalue weighted by molar-refractivity contribution is 0.0673. The highest BCUT2D eigenvalue weighted by molar-refractivity contribution is 5.27. The van der Waals surface area contributed by atoms with Crippen molar-refractivity contribution in [3.8, 4) is 0 Å². The van der Waals surface area contributed by atoms with E-state index in [9.17, 15) is 9.50 Å². The Kier molecular flexibility index (Phi) is 5.20. The molecule has 1 aromatic carbocycles. The Labute approximate surface area is 122 Å². The molecule has 0 aromatic heterocycles. The van der Waals surface area contributed by atoms with E-state index in [2.05, 4.69) is 13.8 Å². The summed E-state index contributed by atoms with van der Waals surface area (Å²) in [7, 11) is 0.